The fraction of sp³-hybridized carbons (Fsp3) is 0.278. The fourth-order valence-electron chi connectivity index (χ4n) is 2.01. The molecule has 0 aliphatic rings. The number of nitrogens with zero attached hydrogens (tertiary/aromatic N) is 1. The third kappa shape index (κ3) is 5.33. The van der Waals surface area contributed by atoms with E-state index >= 15 is 0 Å². The minimum Gasteiger partial charge on any atom is -0.478 e. The predicted molar refractivity (Wildman–Crippen MR) is 104 cm³/mol. The van der Waals surface area contributed by atoms with Crippen molar-refractivity contribution >= 4 is 40.9 Å². The first-order chi connectivity index (χ1) is 12.2. The monoisotopic (exact) mass is 402 g/mol. The van der Waals surface area contributed by atoms with Gasteiger partial charge in [-0.25, -0.2) is 13.6 Å². The van der Waals surface area contributed by atoms with Crippen LogP contribution in [0.4, 0.5) is 20.2 Å². The van der Waals surface area contributed by atoms with Crippen molar-refractivity contribution in [3.05, 3.63) is 52.0 Å². The molecule has 8 heteroatoms. The number of anilines is 2. The quantitative estimate of drug-likeness (QED) is 0.604. The van der Waals surface area contributed by atoms with Crippen molar-refractivity contribution in [1.82, 2.24) is 4.31 Å². The molecule has 0 saturated heterocycles. The molecule has 0 fully saturated rings. The lowest BCUT2D eigenvalue weighted by atomic mass is 10.1. The maximum absolute atomic E-state index is 14.5. The molecule has 0 saturated carbocycles. The standard InChI is InChI=1S/C16H15ClF2N2O2S.C2H6/c1-8-4-5-11(10(17)6-8)20-15-9(16(22)23)7-12(24-21(2)3)13(18)14(15)19;1-2/h4-7,20H,1-3H3,(H,22,23);1-2H3. The first-order valence-electron chi connectivity index (χ1n) is 7.84. The van der Waals surface area contributed by atoms with Crippen molar-refractivity contribution in [2.24, 2.45) is 0 Å². The van der Waals surface area contributed by atoms with Crippen LogP contribution in [0.25, 0.3) is 0 Å². The molecule has 0 radical (unpaired) electrons. The molecule has 0 heterocycles. The van der Waals surface area contributed by atoms with Gasteiger partial charge in [-0.2, -0.15) is 0 Å². The summed E-state index contributed by atoms with van der Waals surface area (Å²) in [6, 6.07) is 6.02. The molecule has 0 atom stereocenters. The number of hydrogen-bond donors (Lipinski definition) is 2. The maximum Gasteiger partial charge on any atom is 0.337 e. The molecule has 0 aliphatic carbocycles. The lowest BCUT2D eigenvalue weighted by Gasteiger charge is -2.16. The molecule has 0 bridgehead atoms. The van der Waals surface area contributed by atoms with Crippen LogP contribution in [0.5, 0.6) is 0 Å². The molecule has 0 spiro atoms. The topological polar surface area (TPSA) is 52.6 Å². The third-order valence-corrected chi connectivity index (χ3v) is 4.24. The normalized spacial score (nSPS) is 10.3. The molecule has 142 valence electrons. The van der Waals surface area contributed by atoms with Gasteiger partial charge in [0.15, 0.2) is 11.6 Å². The molecule has 0 unspecified atom stereocenters. The van der Waals surface area contributed by atoms with E-state index in [1.165, 1.54) is 4.31 Å². The zero-order valence-corrected chi connectivity index (χ0v) is 16.7. The Kier molecular flexibility index (Phi) is 8.33. The number of aryl methyl sites for hydroxylation is 1. The summed E-state index contributed by atoms with van der Waals surface area (Å²) < 4.78 is 30.2. The van der Waals surface area contributed by atoms with Crippen molar-refractivity contribution in [3.8, 4) is 0 Å². The van der Waals surface area contributed by atoms with E-state index in [9.17, 15) is 18.7 Å². The number of carboxylic acid groups (broad SMARTS) is 1. The van der Waals surface area contributed by atoms with Crippen LogP contribution in [-0.4, -0.2) is 29.5 Å². The second kappa shape index (κ2) is 9.75. The highest BCUT2D eigenvalue weighted by atomic mass is 35.5. The molecular weight excluding hydrogens is 382 g/mol. The van der Waals surface area contributed by atoms with Crippen LogP contribution in [0.15, 0.2) is 29.2 Å². The van der Waals surface area contributed by atoms with Crippen LogP contribution in [0.1, 0.15) is 29.8 Å². The van der Waals surface area contributed by atoms with Crippen molar-refractivity contribution in [3.63, 3.8) is 0 Å². The van der Waals surface area contributed by atoms with E-state index in [0.29, 0.717) is 0 Å². The summed E-state index contributed by atoms with van der Waals surface area (Å²) in [6.07, 6.45) is 0. The Bertz CT molecular complexity index is 801. The number of benzene rings is 2. The van der Waals surface area contributed by atoms with Crippen LogP contribution in [0.2, 0.25) is 5.02 Å². The Morgan fingerprint density at radius 1 is 1.19 bits per heavy atom. The van der Waals surface area contributed by atoms with E-state index in [1.54, 1.807) is 32.3 Å². The Morgan fingerprint density at radius 3 is 2.31 bits per heavy atom. The number of halogens is 3. The zero-order valence-electron chi connectivity index (χ0n) is 15.2. The number of carboxylic acids is 1. The predicted octanol–water partition coefficient (Wildman–Crippen LogP) is 5.96. The smallest absolute Gasteiger partial charge is 0.337 e. The fourth-order valence-corrected chi connectivity index (χ4v) is 3.03. The molecular formula is C18H21ClF2N2O2S. The van der Waals surface area contributed by atoms with Crippen LogP contribution in [-0.2, 0) is 0 Å². The molecule has 26 heavy (non-hydrogen) atoms. The van der Waals surface area contributed by atoms with Gasteiger partial charge in [0.2, 0.25) is 0 Å². The minimum atomic E-state index is -1.37. The van der Waals surface area contributed by atoms with Gasteiger partial charge in [-0.1, -0.05) is 31.5 Å². The average Bonchev–Trinajstić information content (AvgIpc) is 2.57. The summed E-state index contributed by atoms with van der Waals surface area (Å²) >= 11 is 6.96. The molecule has 2 rings (SSSR count). The number of aromatic carboxylic acids is 1. The minimum absolute atomic E-state index is 0.115. The van der Waals surface area contributed by atoms with Crippen molar-refractivity contribution in [1.29, 1.82) is 0 Å². The van der Waals surface area contributed by atoms with Gasteiger partial charge >= 0.3 is 5.97 Å². The maximum atomic E-state index is 14.5. The highest BCUT2D eigenvalue weighted by Gasteiger charge is 2.23. The van der Waals surface area contributed by atoms with Gasteiger partial charge in [0.25, 0.3) is 0 Å². The van der Waals surface area contributed by atoms with Gasteiger partial charge < -0.3 is 10.4 Å². The lowest BCUT2D eigenvalue weighted by molar-refractivity contribution is 0.0697. The first kappa shape index (κ1) is 22.2. The number of hydrogen-bond acceptors (Lipinski definition) is 4. The van der Waals surface area contributed by atoms with Crippen LogP contribution < -0.4 is 5.32 Å². The van der Waals surface area contributed by atoms with Crippen LogP contribution >= 0.6 is 23.5 Å². The zero-order chi connectivity index (χ0) is 20.0. The summed E-state index contributed by atoms with van der Waals surface area (Å²) in [5.74, 6) is -3.76. The summed E-state index contributed by atoms with van der Waals surface area (Å²) in [5, 5.41) is 12.2. The van der Waals surface area contributed by atoms with Crippen LogP contribution in [0, 0.1) is 18.6 Å². The Hall–Kier alpha value is -1.83. The molecule has 0 aliphatic heterocycles. The molecule has 2 aromatic rings. The van der Waals surface area contributed by atoms with Gasteiger partial charge in [0.1, 0.15) is 0 Å². The summed E-state index contributed by atoms with van der Waals surface area (Å²) in [7, 11) is 3.28. The summed E-state index contributed by atoms with van der Waals surface area (Å²) in [6.45, 7) is 5.83. The largest absolute Gasteiger partial charge is 0.478 e. The van der Waals surface area contributed by atoms with Crippen molar-refractivity contribution in [2.75, 3.05) is 19.4 Å². The van der Waals surface area contributed by atoms with Crippen molar-refractivity contribution in [2.45, 2.75) is 25.7 Å². The number of nitrogens with one attached hydrogen (secondary N) is 1. The second-order valence-electron chi connectivity index (χ2n) is 5.24. The first-order valence-corrected chi connectivity index (χ1v) is 8.99. The lowest BCUT2D eigenvalue weighted by Crippen LogP contribution is -2.10. The average molecular weight is 403 g/mol. The van der Waals surface area contributed by atoms with E-state index in [1.807, 2.05) is 20.8 Å². The summed E-state index contributed by atoms with van der Waals surface area (Å²) in [5.41, 5.74) is 0.327. The van der Waals surface area contributed by atoms with E-state index in [-0.39, 0.29) is 21.2 Å². The highest BCUT2D eigenvalue weighted by molar-refractivity contribution is 7.97. The van der Waals surface area contributed by atoms with E-state index in [2.05, 4.69) is 5.32 Å². The van der Waals surface area contributed by atoms with E-state index < -0.39 is 23.3 Å². The summed E-state index contributed by atoms with van der Waals surface area (Å²) in [4.78, 5) is 11.4. The Labute approximate surface area is 161 Å². The number of carbonyl (C=O) groups is 1. The van der Waals surface area contributed by atoms with Gasteiger partial charge in [0, 0.05) is 0 Å². The van der Waals surface area contributed by atoms with E-state index in [0.717, 1.165) is 23.6 Å². The Balaban J connectivity index is 0.00000163. The number of rotatable bonds is 5. The molecule has 2 aromatic carbocycles. The molecule has 0 aromatic heterocycles. The SMILES string of the molecule is CC.Cc1ccc(Nc2c(C(=O)O)cc(SN(C)C)c(F)c2F)c(Cl)c1. The van der Waals surface area contributed by atoms with Gasteiger partial charge in [-0.05, 0) is 56.7 Å². The molecule has 2 N–H and O–H groups in total. The van der Waals surface area contributed by atoms with Gasteiger partial charge in [-0.15, -0.1) is 0 Å². The van der Waals surface area contributed by atoms with Crippen molar-refractivity contribution < 1.29 is 18.7 Å². The Morgan fingerprint density at radius 2 is 1.81 bits per heavy atom. The van der Waals surface area contributed by atoms with Crippen LogP contribution in [0.3, 0.4) is 0 Å². The molecule has 4 nitrogen and oxygen atoms in total. The second-order valence-corrected chi connectivity index (χ2v) is 7.00. The highest BCUT2D eigenvalue weighted by Crippen LogP contribution is 2.35. The van der Waals surface area contributed by atoms with Gasteiger partial charge in [0.05, 0.1) is 26.9 Å². The van der Waals surface area contributed by atoms with E-state index in [4.69, 9.17) is 11.6 Å². The molecule has 0 amide bonds. The third-order valence-electron chi connectivity index (χ3n) is 3.07. The van der Waals surface area contributed by atoms with Gasteiger partial charge in [-0.3, -0.25) is 4.31 Å².